The summed E-state index contributed by atoms with van der Waals surface area (Å²) >= 11 is 5.75. The van der Waals surface area contributed by atoms with Gasteiger partial charge in [0.05, 0.1) is 23.4 Å². The van der Waals surface area contributed by atoms with Gasteiger partial charge in [0, 0.05) is 19.3 Å². The van der Waals surface area contributed by atoms with Gasteiger partial charge in [0.1, 0.15) is 18.0 Å². The van der Waals surface area contributed by atoms with Gasteiger partial charge in [-0.15, -0.1) is 0 Å². The molecule has 2 heterocycles. The highest BCUT2D eigenvalue weighted by molar-refractivity contribution is 6.30. The Labute approximate surface area is 149 Å². The summed E-state index contributed by atoms with van der Waals surface area (Å²) in [5.41, 5.74) is 6.19. The number of nitrogens with one attached hydrogen (secondary N) is 1. The van der Waals surface area contributed by atoms with Crippen LogP contribution in [0.15, 0.2) is 36.7 Å². The van der Waals surface area contributed by atoms with Crippen LogP contribution in [0.2, 0.25) is 5.02 Å². The highest BCUT2D eigenvalue weighted by atomic mass is 35.5. The van der Waals surface area contributed by atoms with E-state index in [0.717, 1.165) is 0 Å². The first kappa shape index (κ1) is 17.6. The molecule has 3 rings (SSSR count). The van der Waals surface area contributed by atoms with Crippen molar-refractivity contribution in [2.45, 2.75) is 12.2 Å². The predicted molar refractivity (Wildman–Crippen MR) is 90.1 cm³/mol. The molecule has 1 saturated heterocycles. The summed E-state index contributed by atoms with van der Waals surface area (Å²) in [5, 5.41) is 3.22. The third-order valence-corrected chi connectivity index (χ3v) is 4.17. The molecule has 1 aliphatic rings. The van der Waals surface area contributed by atoms with Crippen molar-refractivity contribution in [3.05, 3.63) is 58.6 Å². The molecule has 1 amide bonds. The van der Waals surface area contributed by atoms with Crippen molar-refractivity contribution in [2.75, 3.05) is 19.7 Å². The second-order valence-corrected chi connectivity index (χ2v) is 5.97. The maximum absolute atomic E-state index is 13.8. The fourth-order valence-corrected chi connectivity index (χ4v) is 2.78. The molecular formula is C17H17ClFN3O3. The third-order valence-electron chi connectivity index (χ3n) is 3.86. The van der Waals surface area contributed by atoms with E-state index in [1.54, 1.807) is 6.07 Å². The minimum atomic E-state index is -0.617. The number of ether oxygens (including phenoxy) is 2. The van der Waals surface area contributed by atoms with Crippen LogP contribution >= 0.6 is 11.6 Å². The van der Waals surface area contributed by atoms with Crippen LogP contribution in [0.1, 0.15) is 22.0 Å². The molecule has 1 aromatic carbocycles. The molecule has 0 bridgehead atoms. The summed E-state index contributed by atoms with van der Waals surface area (Å²) in [6.07, 6.45) is 1.83. The predicted octanol–water partition coefficient (Wildman–Crippen LogP) is 2.08. The second kappa shape index (κ2) is 7.77. The summed E-state index contributed by atoms with van der Waals surface area (Å²) < 4.78 is 25.6. The normalized spacial score (nSPS) is 20.7. The highest BCUT2D eigenvalue weighted by Crippen LogP contribution is 2.29. The zero-order valence-electron chi connectivity index (χ0n) is 13.2. The fraction of sp³-hybridized carbons (Fsp3) is 0.294. The summed E-state index contributed by atoms with van der Waals surface area (Å²) in [6.45, 7) is 1.51. The van der Waals surface area contributed by atoms with E-state index in [9.17, 15) is 9.18 Å². The Kier molecular flexibility index (Phi) is 5.47. The molecule has 1 aromatic heterocycles. The maximum Gasteiger partial charge on any atom is 0.252 e. The molecular weight excluding hydrogens is 349 g/mol. The summed E-state index contributed by atoms with van der Waals surface area (Å²) in [4.78, 5) is 15.5. The van der Waals surface area contributed by atoms with Crippen LogP contribution in [0.25, 0.3) is 0 Å². The van der Waals surface area contributed by atoms with E-state index in [1.807, 2.05) is 0 Å². The van der Waals surface area contributed by atoms with E-state index in [2.05, 4.69) is 10.3 Å². The number of primary amides is 1. The number of hydrogen-bond donors (Lipinski definition) is 2. The lowest BCUT2D eigenvalue weighted by molar-refractivity contribution is -0.00890. The molecule has 1 aliphatic heterocycles. The number of halogens is 2. The largest absolute Gasteiger partial charge is 0.484 e. The van der Waals surface area contributed by atoms with Crippen molar-refractivity contribution in [1.29, 1.82) is 0 Å². The molecule has 0 saturated carbocycles. The summed E-state index contributed by atoms with van der Waals surface area (Å²) in [7, 11) is 0. The lowest BCUT2D eigenvalue weighted by atomic mass is 10.0. The zero-order valence-corrected chi connectivity index (χ0v) is 14.0. The van der Waals surface area contributed by atoms with Gasteiger partial charge in [0.15, 0.2) is 5.75 Å². The van der Waals surface area contributed by atoms with E-state index in [0.29, 0.717) is 25.3 Å². The SMILES string of the molecule is NC(=O)c1ccncc1O[C@@H]1CNCCO[C@H]1c1ccc(Cl)c(F)c1. The van der Waals surface area contributed by atoms with E-state index in [-0.39, 0.29) is 16.3 Å². The standard InChI is InChI=1S/C17H17ClFN3O3/c18-12-2-1-10(7-13(12)19)16-15(9-22-5-6-24-16)25-14-8-21-4-3-11(14)17(20)23/h1-4,7-8,15-16,22H,5-6,9H2,(H2,20,23)/t15-,16+/m1/s1. The van der Waals surface area contributed by atoms with Crippen molar-refractivity contribution in [2.24, 2.45) is 5.73 Å². The minimum Gasteiger partial charge on any atom is -0.484 e. The zero-order chi connectivity index (χ0) is 17.8. The monoisotopic (exact) mass is 365 g/mol. The first-order valence-electron chi connectivity index (χ1n) is 7.74. The molecule has 2 aromatic rings. The molecule has 8 heteroatoms. The Morgan fingerprint density at radius 3 is 3.04 bits per heavy atom. The summed E-state index contributed by atoms with van der Waals surface area (Å²) in [5.74, 6) is -0.890. The number of rotatable bonds is 4. The van der Waals surface area contributed by atoms with Crippen LogP contribution in [0.5, 0.6) is 5.75 Å². The molecule has 0 aliphatic carbocycles. The van der Waals surface area contributed by atoms with E-state index < -0.39 is 23.9 Å². The molecule has 1 fully saturated rings. The van der Waals surface area contributed by atoms with Crippen LogP contribution in [-0.4, -0.2) is 36.7 Å². The fourth-order valence-electron chi connectivity index (χ4n) is 2.66. The van der Waals surface area contributed by atoms with Crippen molar-refractivity contribution in [1.82, 2.24) is 10.3 Å². The number of nitrogens with zero attached hydrogens (tertiary/aromatic N) is 1. The number of amides is 1. The Hall–Kier alpha value is -2.22. The number of carbonyl (C=O) groups excluding carboxylic acids is 1. The Morgan fingerprint density at radius 2 is 2.28 bits per heavy atom. The van der Waals surface area contributed by atoms with Gasteiger partial charge in [-0.3, -0.25) is 9.78 Å². The number of pyridine rings is 1. The molecule has 25 heavy (non-hydrogen) atoms. The number of hydrogen-bond acceptors (Lipinski definition) is 5. The number of aromatic nitrogens is 1. The van der Waals surface area contributed by atoms with Gasteiger partial charge >= 0.3 is 0 Å². The van der Waals surface area contributed by atoms with Crippen LogP contribution in [-0.2, 0) is 4.74 Å². The van der Waals surface area contributed by atoms with Gasteiger partial charge in [0.2, 0.25) is 0 Å². The average Bonchev–Trinajstić information content (AvgIpc) is 2.83. The average molecular weight is 366 g/mol. The smallest absolute Gasteiger partial charge is 0.252 e. The first-order valence-corrected chi connectivity index (χ1v) is 8.12. The van der Waals surface area contributed by atoms with Crippen LogP contribution < -0.4 is 15.8 Å². The third kappa shape index (κ3) is 4.07. The molecule has 0 unspecified atom stereocenters. The highest BCUT2D eigenvalue weighted by Gasteiger charge is 2.29. The van der Waals surface area contributed by atoms with Crippen molar-refractivity contribution >= 4 is 17.5 Å². The molecule has 6 nitrogen and oxygen atoms in total. The molecule has 2 atom stereocenters. The first-order chi connectivity index (χ1) is 12.1. The molecule has 0 radical (unpaired) electrons. The Morgan fingerprint density at radius 1 is 1.44 bits per heavy atom. The van der Waals surface area contributed by atoms with Gasteiger partial charge in [-0.2, -0.15) is 0 Å². The molecule has 3 N–H and O–H groups in total. The topological polar surface area (TPSA) is 86.5 Å². The van der Waals surface area contributed by atoms with Gasteiger partial charge in [-0.25, -0.2) is 4.39 Å². The van der Waals surface area contributed by atoms with Gasteiger partial charge in [-0.05, 0) is 23.8 Å². The number of benzene rings is 1. The van der Waals surface area contributed by atoms with Crippen LogP contribution in [0, 0.1) is 5.82 Å². The van der Waals surface area contributed by atoms with Crippen molar-refractivity contribution < 1.29 is 18.7 Å². The van der Waals surface area contributed by atoms with Gasteiger partial charge < -0.3 is 20.5 Å². The lowest BCUT2D eigenvalue weighted by Crippen LogP contribution is -2.35. The number of carbonyl (C=O) groups is 1. The Balaban J connectivity index is 1.91. The van der Waals surface area contributed by atoms with Crippen LogP contribution in [0.3, 0.4) is 0 Å². The van der Waals surface area contributed by atoms with E-state index in [4.69, 9.17) is 26.8 Å². The van der Waals surface area contributed by atoms with Crippen molar-refractivity contribution in [3.8, 4) is 5.75 Å². The quantitative estimate of drug-likeness (QED) is 0.866. The maximum atomic E-state index is 13.8. The molecule has 0 spiro atoms. The lowest BCUT2D eigenvalue weighted by Gasteiger charge is -2.26. The summed E-state index contributed by atoms with van der Waals surface area (Å²) in [6, 6.07) is 5.98. The van der Waals surface area contributed by atoms with Crippen molar-refractivity contribution in [3.63, 3.8) is 0 Å². The van der Waals surface area contributed by atoms with E-state index >= 15 is 0 Å². The van der Waals surface area contributed by atoms with E-state index in [1.165, 1.54) is 30.6 Å². The minimum absolute atomic E-state index is 0.0382. The number of nitrogens with two attached hydrogens (primary N) is 1. The van der Waals surface area contributed by atoms with Gasteiger partial charge in [0.25, 0.3) is 5.91 Å². The Bertz CT molecular complexity index is 775. The second-order valence-electron chi connectivity index (χ2n) is 5.56. The van der Waals surface area contributed by atoms with Gasteiger partial charge in [-0.1, -0.05) is 17.7 Å². The molecule has 132 valence electrons. The van der Waals surface area contributed by atoms with Crippen LogP contribution in [0.4, 0.5) is 4.39 Å².